The van der Waals surface area contributed by atoms with E-state index in [4.69, 9.17) is 9.40 Å². The number of fused-ring (bicyclic) bond motifs is 1. The van der Waals surface area contributed by atoms with Crippen molar-refractivity contribution in [1.82, 2.24) is 30.2 Å². The molecule has 0 fully saturated rings. The van der Waals surface area contributed by atoms with E-state index in [9.17, 15) is 9.18 Å². The molecule has 34 heavy (non-hydrogen) atoms. The van der Waals surface area contributed by atoms with Crippen molar-refractivity contribution in [1.29, 1.82) is 0 Å². The molecule has 1 amide bonds. The van der Waals surface area contributed by atoms with Crippen LogP contribution in [0.1, 0.15) is 41.7 Å². The predicted octanol–water partition coefficient (Wildman–Crippen LogP) is 3.52. The first kappa shape index (κ1) is 23.6. The van der Waals surface area contributed by atoms with Crippen LogP contribution < -0.4 is 10.6 Å². The number of hydrogen-bond acceptors (Lipinski definition) is 6. The van der Waals surface area contributed by atoms with Crippen LogP contribution in [-0.4, -0.2) is 38.5 Å². The molecule has 9 heteroatoms. The molecule has 0 aliphatic heterocycles. The molecule has 0 saturated carbocycles. The number of hydrogen-bond donors (Lipinski definition) is 2. The molecule has 0 atom stereocenters. The van der Waals surface area contributed by atoms with Crippen molar-refractivity contribution < 1.29 is 13.6 Å². The zero-order valence-corrected chi connectivity index (χ0v) is 19.4. The van der Waals surface area contributed by atoms with E-state index >= 15 is 0 Å². The van der Waals surface area contributed by atoms with E-state index in [1.54, 1.807) is 0 Å². The van der Waals surface area contributed by atoms with Crippen molar-refractivity contribution in [3.8, 4) is 0 Å². The average Bonchev–Trinajstić information content (AvgIpc) is 3.43. The standard InChI is InChI=1S/C25H29FN6O2/c1-17(2)15-32-22-8-4-3-7-19(22)30-23(32)9-12-27-13-10-24-31-21(16-34-24)25(33)29-14-20-18(26)6-5-11-28-20/h3-8,11,16-17,27H,9-10,12-15H2,1-2H3,(H,29,33). The topological polar surface area (TPSA) is 97.9 Å². The van der Waals surface area contributed by atoms with Crippen LogP contribution in [0.25, 0.3) is 11.0 Å². The molecule has 8 nitrogen and oxygen atoms in total. The summed E-state index contributed by atoms with van der Waals surface area (Å²) in [5, 5.41) is 6.00. The van der Waals surface area contributed by atoms with Crippen LogP contribution in [0.15, 0.2) is 53.3 Å². The number of pyridine rings is 1. The smallest absolute Gasteiger partial charge is 0.273 e. The van der Waals surface area contributed by atoms with Gasteiger partial charge < -0.3 is 19.6 Å². The first-order chi connectivity index (χ1) is 16.5. The quantitative estimate of drug-likeness (QED) is 0.330. The highest BCUT2D eigenvalue weighted by atomic mass is 19.1. The second-order valence-electron chi connectivity index (χ2n) is 8.51. The summed E-state index contributed by atoms with van der Waals surface area (Å²) in [5.41, 5.74) is 2.52. The summed E-state index contributed by atoms with van der Waals surface area (Å²) in [6, 6.07) is 11.0. The zero-order valence-electron chi connectivity index (χ0n) is 19.4. The number of amides is 1. The zero-order chi connectivity index (χ0) is 23.9. The van der Waals surface area contributed by atoms with E-state index < -0.39 is 11.7 Å². The molecule has 4 aromatic rings. The van der Waals surface area contributed by atoms with Crippen LogP contribution in [0, 0.1) is 11.7 Å². The first-order valence-electron chi connectivity index (χ1n) is 11.5. The van der Waals surface area contributed by atoms with Crippen molar-refractivity contribution in [2.24, 2.45) is 5.92 Å². The summed E-state index contributed by atoms with van der Waals surface area (Å²) in [6.07, 6.45) is 4.15. The lowest BCUT2D eigenvalue weighted by molar-refractivity contribution is 0.0945. The van der Waals surface area contributed by atoms with Gasteiger partial charge in [-0.2, -0.15) is 0 Å². The largest absolute Gasteiger partial charge is 0.448 e. The lowest BCUT2D eigenvalue weighted by Crippen LogP contribution is -2.24. The maximum Gasteiger partial charge on any atom is 0.273 e. The minimum Gasteiger partial charge on any atom is -0.448 e. The van der Waals surface area contributed by atoms with E-state index in [0.29, 0.717) is 24.8 Å². The molecule has 3 aromatic heterocycles. The molecule has 3 heterocycles. The molecule has 0 aliphatic carbocycles. The highest BCUT2D eigenvalue weighted by molar-refractivity contribution is 5.91. The summed E-state index contributed by atoms with van der Waals surface area (Å²) < 4.78 is 21.3. The van der Waals surface area contributed by atoms with Crippen LogP contribution in [-0.2, 0) is 25.9 Å². The fraction of sp³-hybridized carbons (Fsp3) is 0.360. The number of benzene rings is 1. The van der Waals surface area contributed by atoms with Gasteiger partial charge >= 0.3 is 0 Å². The van der Waals surface area contributed by atoms with Crippen LogP contribution in [0.5, 0.6) is 0 Å². The Hall–Kier alpha value is -3.59. The number of nitrogens with zero attached hydrogens (tertiary/aromatic N) is 4. The number of halogens is 1. The Labute approximate surface area is 197 Å². The molecule has 178 valence electrons. The van der Waals surface area contributed by atoms with Gasteiger partial charge in [0.15, 0.2) is 11.6 Å². The summed E-state index contributed by atoms with van der Waals surface area (Å²) in [7, 11) is 0. The molecule has 0 bridgehead atoms. The number of rotatable bonds is 11. The van der Waals surface area contributed by atoms with E-state index in [2.05, 4.69) is 45.1 Å². The number of para-hydroxylation sites is 2. The molecule has 4 rings (SSSR count). The lowest BCUT2D eigenvalue weighted by atomic mass is 10.2. The van der Waals surface area contributed by atoms with Gasteiger partial charge in [0.25, 0.3) is 5.91 Å². The Morgan fingerprint density at radius 3 is 2.76 bits per heavy atom. The molecule has 0 spiro atoms. The number of oxazole rings is 1. The van der Waals surface area contributed by atoms with Crippen LogP contribution in [0.3, 0.4) is 0 Å². The molecule has 0 unspecified atom stereocenters. The molecular weight excluding hydrogens is 435 g/mol. The van der Waals surface area contributed by atoms with Gasteiger partial charge in [-0.25, -0.2) is 14.4 Å². The number of carbonyl (C=O) groups is 1. The third-order valence-electron chi connectivity index (χ3n) is 5.36. The van der Waals surface area contributed by atoms with Crippen molar-refractivity contribution in [3.63, 3.8) is 0 Å². The van der Waals surface area contributed by atoms with Crippen molar-refractivity contribution in [2.75, 3.05) is 13.1 Å². The Kier molecular flexibility index (Phi) is 7.64. The van der Waals surface area contributed by atoms with Crippen molar-refractivity contribution in [3.05, 3.63) is 77.8 Å². The van der Waals surface area contributed by atoms with Gasteiger partial charge in [0.2, 0.25) is 0 Å². The normalized spacial score (nSPS) is 11.4. The van der Waals surface area contributed by atoms with Crippen LogP contribution in [0.4, 0.5) is 4.39 Å². The van der Waals surface area contributed by atoms with Crippen molar-refractivity contribution >= 4 is 16.9 Å². The Balaban J connectivity index is 1.24. The van der Waals surface area contributed by atoms with Gasteiger partial charge in [-0.1, -0.05) is 26.0 Å². The highest BCUT2D eigenvalue weighted by Crippen LogP contribution is 2.18. The minimum absolute atomic E-state index is 0.0170. The highest BCUT2D eigenvalue weighted by Gasteiger charge is 2.14. The molecule has 2 N–H and O–H groups in total. The third-order valence-corrected chi connectivity index (χ3v) is 5.36. The molecule has 1 aromatic carbocycles. The van der Waals surface area contributed by atoms with Gasteiger partial charge in [0.05, 0.1) is 23.3 Å². The lowest BCUT2D eigenvalue weighted by Gasteiger charge is -2.12. The molecular formula is C25H29FN6O2. The summed E-state index contributed by atoms with van der Waals surface area (Å²) >= 11 is 0. The minimum atomic E-state index is -0.463. The monoisotopic (exact) mass is 464 g/mol. The Morgan fingerprint density at radius 1 is 1.12 bits per heavy atom. The summed E-state index contributed by atoms with van der Waals surface area (Å²) in [6.45, 7) is 6.76. The predicted molar refractivity (Wildman–Crippen MR) is 127 cm³/mol. The van der Waals surface area contributed by atoms with E-state index in [-0.39, 0.29) is 17.9 Å². The van der Waals surface area contributed by atoms with Crippen LogP contribution >= 0.6 is 0 Å². The number of imidazole rings is 1. The van der Waals surface area contributed by atoms with Gasteiger partial charge in [-0.05, 0) is 30.2 Å². The summed E-state index contributed by atoms with van der Waals surface area (Å²) in [5.74, 6) is 1.17. The second-order valence-corrected chi connectivity index (χ2v) is 8.51. The molecule has 0 radical (unpaired) electrons. The fourth-order valence-electron chi connectivity index (χ4n) is 3.74. The van der Waals surface area contributed by atoms with Gasteiger partial charge in [-0.3, -0.25) is 9.78 Å². The Bertz CT molecular complexity index is 1250. The second kappa shape index (κ2) is 11.0. The van der Waals surface area contributed by atoms with Crippen LogP contribution in [0.2, 0.25) is 0 Å². The van der Waals surface area contributed by atoms with Crippen molar-refractivity contribution in [2.45, 2.75) is 39.8 Å². The first-order valence-corrected chi connectivity index (χ1v) is 11.5. The van der Waals surface area contributed by atoms with E-state index in [0.717, 1.165) is 30.9 Å². The number of aromatic nitrogens is 4. The van der Waals surface area contributed by atoms with Gasteiger partial charge in [-0.15, -0.1) is 0 Å². The van der Waals surface area contributed by atoms with E-state index in [1.807, 2.05) is 18.2 Å². The number of carbonyl (C=O) groups excluding carboxylic acids is 1. The Morgan fingerprint density at radius 2 is 1.94 bits per heavy atom. The fourth-order valence-corrected chi connectivity index (χ4v) is 3.74. The SMILES string of the molecule is CC(C)Cn1c(CCNCCc2nc(C(=O)NCc3ncccc3F)co2)nc2ccccc21. The van der Waals surface area contributed by atoms with E-state index in [1.165, 1.54) is 30.1 Å². The molecule has 0 saturated heterocycles. The molecule has 0 aliphatic rings. The van der Waals surface area contributed by atoms with Gasteiger partial charge in [0.1, 0.15) is 17.9 Å². The number of nitrogens with one attached hydrogen (secondary N) is 2. The maximum absolute atomic E-state index is 13.6. The third kappa shape index (κ3) is 5.85. The summed E-state index contributed by atoms with van der Waals surface area (Å²) in [4.78, 5) is 25.2. The average molecular weight is 465 g/mol. The van der Waals surface area contributed by atoms with Gasteiger partial charge in [0, 0.05) is 38.7 Å². The maximum atomic E-state index is 13.6.